The van der Waals surface area contributed by atoms with E-state index in [4.69, 9.17) is 23.1 Å². The summed E-state index contributed by atoms with van der Waals surface area (Å²) < 4.78 is 0. The second-order valence-corrected chi connectivity index (χ2v) is 5.24. The maximum atomic E-state index is 5.89. The van der Waals surface area contributed by atoms with Crippen LogP contribution >= 0.6 is 11.6 Å². The Bertz CT molecular complexity index is 523. The number of aliphatic imine (C=N–C) groups is 1. The summed E-state index contributed by atoms with van der Waals surface area (Å²) in [6, 6.07) is 7.75. The van der Waals surface area contributed by atoms with E-state index in [9.17, 15) is 0 Å². The largest absolute Gasteiger partial charge is 0.370 e. The van der Waals surface area contributed by atoms with Gasteiger partial charge in [0, 0.05) is 23.6 Å². The minimum atomic E-state index is -0.522. The number of rotatable bonds is 5. The van der Waals surface area contributed by atoms with Gasteiger partial charge < -0.3 is 16.8 Å². The monoisotopic (exact) mass is 293 g/mol. The Hall–Kier alpha value is -1.56. The van der Waals surface area contributed by atoms with Gasteiger partial charge in [0.15, 0.2) is 5.96 Å². The highest BCUT2D eigenvalue weighted by Crippen LogP contribution is 2.21. The van der Waals surface area contributed by atoms with E-state index in [-0.39, 0.29) is 0 Å². The third kappa shape index (κ3) is 3.50. The molecule has 1 unspecified atom stereocenters. The average molecular weight is 294 g/mol. The number of benzene rings is 1. The highest BCUT2D eigenvalue weighted by atomic mass is 35.5. The molecule has 0 spiro atoms. The van der Waals surface area contributed by atoms with Gasteiger partial charge in [0.2, 0.25) is 0 Å². The zero-order valence-electron chi connectivity index (χ0n) is 11.5. The van der Waals surface area contributed by atoms with Gasteiger partial charge >= 0.3 is 0 Å². The first-order valence-corrected chi connectivity index (χ1v) is 6.92. The Morgan fingerprint density at radius 3 is 2.65 bits per heavy atom. The number of nitrogens with zero attached hydrogens (tertiary/aromatic N) is 1. The molecule has 108 valence electrons. The van der Waals surface area contributed by atoms with Crippen LogP contribution < -0.4 is 22.1 Å². The van der Waals surface area contributed by atoms with Crippen LogP contribution in [0.4, 0.5) is 0 Å². The predicted molar refractivity (Wildman–Crippen MR) is 83.5 cm³/mol. The van der Waals surface area contributed by atoms with Crippen molar-refractivity contribution in [3.8, 4) is 0 Å². The standard InChI is InChI=1S/C14H20ClN5/c1-18-14(6-7-16)9-12(19-13(17)20-14)8-10-2-4-11(15)5-3-10/h2-5,9,18H,6-8,16H2,1H3,(H3,17,19,20). The van der Waals surface area contributed by atoms with Crippen molar-refractivity contribution < 1.29 is 0 Å². The van der Waals surface area contributed by atoms with Crippen LogP contribution in [0.2, 0.25) is 5.02 Å². The summed E-state index contributed by atoms with van der Waals surface area (Å²) in [5.41, 5.74) is 13.2. The molecule has 1 aliphatic heterocycles. The molecule has 1 aliphatic rings. The van der Waals surface area contributed by atoms with Crippen molar-refractivity contribution in [3.63, 3.8) is 0 Å². The minimum Gasteiger partial charge on any atom is -0.370 e. The van der Waals surface area contributed by atoms with Gasteiger partial charge in [-0.15, -0.1) is 0 Å². The summed E-state index contributed by atoms with van der Waals surface area (Å²) in [6.07, 6.45) is 3.47. The first-order chi connectivity index (χ1) is 9.57. The topological polar surface area (TPSA) is 88.5 Å². The van der Waals surface area contributed by atoms with Gasteiger partial charge in [0.05, 0.1) is 0 Å². The van der Waals surface area contributed by atoms with Crippen LogP contribution in [-0.4, -0.2) is 25.2 Å². The van der Waals surface area contributed by atoms with Crippen LogP contribution in [0.25, 0.3) is 0 Å². The van der Waals surface area contributed by atoms with Crippen LogP contribution in [0.1, 0.15) is 12.0 Å². The summed E-state index contributed by atoms with van der Waals surface area (Å²) in [5.74, 6) is 0.402. The van der Waals surface area contributed by atoms with Crippen molar-refractivity contribution in [2.75, 3.05) is 13.6 Å². The van der Waals surface area contributed by atoms with Gasteiger partial charge in [-0.1, -0.05) is 23.7 Å². The average Bonchev–Trinajstić information content (AvgIpc) is 2.41. The first kappa shape index (κ1) is 14.8. The highest BCUT2D eigenvalue weighted by Gasteiger charge is 2.28. The summed E-state index contributed by atoms with van der Waals surface area (Å²) in [5, 5.41) is 7.02. The third-order valence-corrected chi connectivity index (χ3v) is 3.54. The molecule has 0 aromatic heterocycles. The van der Waals surface area contributed by atoms with Crippen LogP contribution in [-0.2, 0) is 6.42 Å². The van der Waals surface area contributed by atoms with Gasteiger partial charge in [-0.25, -0.2) is 4.99 Å². The van der Waals surface area contributed by atoms with E-state index in [0.29, 0.717) is 18.9 Å². The molecule has 1 atom stereocenters. The fourth-order valence-corrected chi connectivity index (χ4v) is 2.41. The third-order valence-electron chi connectivity index (χ3n) is 3.29. The second kappa shape index (κ2) is 6.26. The fraction of sp³-hybridized carbons (Fsp3) is 0.357. The molecule has 0 amide bonds. The molecular weight excluding hydrogens is 274 g/mol. The first-order valence-electron chi connectivity index (χ1n) is 6.54. The van der Waals surface area contributed by atoms with Crippen LogP contribution in [0.3, 0.4) is 0 Å². The van der Waals surface area contributed by atoms with Crippen molar-refractivity contribution in [2.24, 2.45) is 16.5 Å². The lowest BCUT2D eigenvalue weighted by molar-refractivity contribution is 0.418. The molecule has 1 heterocycles. The van der Waals surface area contributed by atoms with Gasteiger partial charge in [-0.2, -0.15) is 0 Å². The summed E-state index contributed by atoms with van der Waals surface area (Å²) in [7, 11) is 1.86. The van der Waals surface area contributed by atoms with Crippen molar-refractivity contribution in [2.45, 2.75) is 18.5 Å². The Morgan fingerprint density at radius 1 is 1.35 bits per heavy atom. The SMILES string of the molecule is CNC1(CCN)C=C(Cc2ccc(Cl)cc2)NC(N)=N1. The lowest BCUT2D eigenvalue weighted by Gasteiger charge is -2.31. The molecular formula is C14H20ClN5. The smallest absolute Gasteiger partial charge is 0.195 e. The van der Waals surface area contributed by atoms with Crippen molar-refractivity contribution in [3.05, 3.63) is 46.6 Å². The lowest BCUT2D eigenvalue weighted by atomic mass is 10.0. The summed E-state index contributed by atoms with van der Waals surface area (Å²) in [6.45, 7) is 0.530. The van der Waals surface area contributed by atoms with E-state index in [2.05, 4.69) is 15.6 Å². The summed E-state index contributed by atoms with van der Waals surface area (Å²) in [4.78, 5) is 4.42. The van der Waals surface area contributed by atoms with E-state index in [1.807, 2.05) is 37.4 Å². The maximum Gasteiger partial charge on any atom is 0.195 e. The normalized spacial score (nSPS) is 21.9. The maximum absolute atomic E-state index is 5.89. The molecule has 0 saturated carbocycles. The van der Waals surface area contributed by atoms with Crippen molar-refractivity contribution in [1.29, 1.82) is 0 Å². The Labute approximate surface area is 124 Å². The molecule has 0 aliphatic carbocycles. The zero-order chi connectivity index (χ0) is 14.6. The van der Waals surface area contributed by atoms with E-state index in [1.54, 1.807) is 0 Å². The van der Waals surface area contributed by atoms with Crippen LogP contribution in [0, 0.1) is 0 Å². The number of hydrogen-bond donors (Lipinski definition) is 4. The number of nitrogens with two attached hydrogens (primary N) is 2. The zero-order valence-corrected chi connectivity index (χ0v) is 12.2. The number of allylic oxidation sites excluding steroid dienone is 1. The quantitative estimate of drug-likeness (QED) is 0.651. The predicted octanol–water partition coefficient (Wildman–Crippen LogP) is 0.949. The van der Waals surface area contributed by atoms with Crippen molar-refractivity contribution in [1.82, 2.24) is 10.6 Å². The van der Waals surface area contributed by atoms with E-state index in [1.165, 1.54) is 0 Å². The molecule has 1 aromatic rings. The van der Waals surface area contributed by atoms with Crippen LogP contribution in [0.15, 0.2) is 41.0 Å². The molecule has 0 radical (unpaired) electrons. The molecule has 5 nitrogen and oxygen atoms in total. The second-order valence-electron chi connectivity index (χ2n) is 4.81. The Morgan fingerprint density at radius 2 is 2.05 bits per heavy atom. The molecule has 6 N–H and O–H groups in total. The number of hydrogen-bond acceptors (Lipinski definition) is 5. The Kier molecular flexibility index (Phi) is 4.65. The van der Waals surface area contributed by atoms with Crippen LogP contribution in [0.5, 0.6) is 0 Å². The fourth-order valence-electron chi connectivity index (χ4n) is 2.28. The van der Waals surface area contributed by atoms with E-state index in [0.717, 1.165) is 22.7 Å². The minimum absolute atomic E-state index is 0.402. The molecule has 2 rings (SSSR count). The molecule has 0 fully saturated rings. The molecule has 20 heavy (non-hydrogen) atoms. The molecule has 0 bridgehead atoms. The Balaban J connectivity index is 2.20. The van der Waals surface area contributed by atoms with Gasteiger partial charge in [0.1, 0.15) is 5.66 Å². The molecule has 0 saturated heterocycles. The van der Waals surface area contributed by atoms with E-state index >= 15 is 0 Å². The molecule has 6 heteroatoms. The number of nitrogens with one attached hydrogen (secondary N) is 2. The molecule has 1 aromatic carbocycles. The van der Waals surface area contributed by atoms with Gasteiger partial charge in [-0.3, -0.25) is 5.32 Å². The highest BCUT2D eigenvalue weighted by molar-refractivity contribution is 6.30. The number of halogens is 1. The van der Waals surface area contributed by atoms with Crippen molar-refractivity contribution >= 4 is 17.6 Å². The van der Waals surface area contributed by atoms with E-state index < -0.39 is 5.66 Å². The lowest BCUT2D eigenvalue weighted by Crippen LogP contribution is -2.49. The van der Waals surface area contributed by atoms with Gasteiger partial charge in [0.25, 0.3) is 0 Å². The summed E-state index contributed by atoms with van der Waals surface area (Å²) >= 11 is 5.89. The number of guanidine groups is 1. The van der Waals surface area contributed by atoms with Gasteiger partial charge in [-0.05, 0) is 37.4 Å². The number of likely N-dealkylation sites (N-methyl/N-ethyl adjacent to an activating group) is 1.